The van der Waals surface area contributed by atoms with Gasteiger partial charge in [0.1, 0.15) is 5.82 Å². The topological polar surface area (TPSA) is 44.8 Å². The van der Waals surface area contributed by atoms with E-state index in [9.17, 15) is 9.18 Å². The van der Waals surface area contributed by atoms with Gasteiger partial charge < -0.3 is 13.9 Å². The molecule has 4 nitrogen and oxygen atoms in total. The SMILES string of the molecule is CCOC(=O)C(Cc1ccc(F)c(C(O[Si](C)C)C(C)(C)C)c1)OC(C)C. The van der Waals surface area contributed by atoms with Crippen LogP contribution in [0.3, 0.4) is 0 Å². The minimum absolute atomic E-state index is 0.115. The maximum absolute atomic E-state index is 14.6. The van der Waals surface area contributed by atoms with Gasteiger partial charge in [0, 0.05) is 12.0 Å². The van der Waals surface area contributed by atoms with Crippen LogP contribution in [-0.2, 0) is 25.1 Å². The number of ether oxygens (including phenoxy) is 2. The lowest BCUT2D eigenvalue weighted by atomic mass is 9.84. The Morgan fingerprint density at radius 1 is 1.22 bits per heavy atom. The van der Waals surface area contributed by atoms with E-state index in [1.54, 1.807) is 19.1 Å². The standard InChI is InChI=1S/C21H34FO4Si/c1-9-24-20(23)18(25-14(2)3)13-15-10-11-17(22)16(12-15)19(21(4,5)6)26-27(7)8/h10-12,14,18-19H,9,13H2,1-8H3. The fourth-order valence-electron chi connectivity index (χ4n) is 2.83. The lowest BCUT2D eigenvalue weighted by Crippen LogP contribution is -2.31. The molecule has 0 N–H and O–H groups in total. The highest BCUT2D eigenvalue weighted by Crippen LogP contribution is 2.38. The third kappa shape index (κ3) is 7.72. The zero-order valence-electron chi connectivity index (χ0n) is 17.9. The van der Waals surface area contributed by atoms with Gasteiger partial charge in [-0.05, 0) is 50.9 Å². The van der Waals surface area contributed by atoms with E-state index >= 15 is 0 Å². The monoisotopic (exact) mass is 397 g/mol. The first-order valence-electron chi connectivity index (χ1n) is 9.52. The lowest BCUT2D eigenvalue weighted by Gasteiger charge is -2.33. The van der Waals surface area contributed by atoms with E-state index in [0.717, 1.165) is 5.56 Å². The molecular formula is C21H34FO4Si. The average molecular weight is 398 g/mol. The fourth-order valence-corrected chi connectivity index (χ4v) is 3.78. The van der Waals surface area contributed by atoms with E-state index in [1.165, 1.54) is 6.07 Å². The second-order valence-corrected chi connectivity index (χ2v) is 10.3. The number of hydrogen-bond donors (Lipinski definition) is 0. The number of hydrogen-bond acceptors (Lipinski definition) is 4. The smallest absolute Gasteiger partial charge is 0.335 e. The third-order valence-electron chi connectivity index (χ3n) is 3.89. The van der Waals surface area contributed by atoms with E-state index in [2.05, 4.69) is 0 Å². The van der Waals surface area contributed by atoms with Crippen LogP contribution in [-0.4, -0.2) is 33.8 Å². The highest BCUT2D eigenvalue weighted by Gasteiger charge is 2.31. The number of rotatable bonds is 9. The van der Waals surface area contributed by atoms with Crippen LogP contribution >= 0.6 is 0 Å². The molecule has 153 valence electrons. The quantitative estimate of drug-likeness (QED) is 0.430. The van der Waals surface area contributed by atoms with E-state index in [1.807, 2.05) is 47.7 Å². The first-order valence-corrected chi connectivity index (χ1v) is 11.9. The molecule has 1 radical (unpaired) electrons. The molecule has 0 bridgehead atoms. The molecule has 0 saturated heterocycles. The van der Waals surface area contributed by atoms with Crippen molar-refractivity contribution in [2.24, 2.45) is 5.41 Å². The van der Waals surface area contributed by atoms with Gasteiger partial charge in [0.05, 0.1) is 18.8 Å². The van der Waals surface area contributed by atoms with Crippen LogP contribution in [0.15, 0.2) is 18.2 Å². The first-order chi connectivity index (χ1) is 12.5. The molecule has 0 aliphatic heterocycles. The van der Waals surface area contributed by atoms with Gasteiger partial charge in [0.2, 0.25) is 9.04 Å². The Kier molecular flexibility index (Phi) is 9.11. The highest BCUT2D eigenvalue weighted by molar-refractivity contribution is 6.48. The van der Waals surface area contributed by atoms with Crippen molar-refractivity contribution in [2.45, 2.75) is 79.4 Å². The molecule has 27 heavy (non-hydrogen) atoms. The molecule has 0 aromatic heterocycles. The van der Waals surface area contributed by atoms with Crippen molar-refractivity contribution in [1.29, 1.82) is 0 Å². The molecule has 2 atom stereocenters. The van der Waals surface area contributed by atoms with Crippen molar-refractivity contribution in [1.82, 2.24) is 0 Å². The zero-order chi connectivity index (χ0) is 20.8. The summed E-state index contributed by atoms with van der Waals surface area (Å²) in [4.78, 5) is 12.2. The maximum Gasteiger partial charge on any atom is 0.335 e. The van der Waals surface area contributed by atoms with E-state index in [-0.39, 0.29) is 23.4 Å². The van der Waals surface area contributed by atoms with Crippen LogP contribution in [0.1, 0.15) is 58.8 Å². The Balaban J connectivity index is 3.19. The van der Waals surface area contributed by atoms with Crippen molar-refractivity contribution in [3.8, 4) is 0 Å². The molecule has 0 aliphatic rings. The summed E-state index contributed by atoms with van der Waals surface area (Å²) in [5, 5.41) is 0. The van der Waals surface area contributed by atoms with Crippen molar-refractivity contribution >= 4 is 15.0 Å². The average Bonchev–Trinajstić information content (AvgIpc) is 2.52. The highest BCUT2D eigenvalue weighted by atomic mass is 28.3. The molecule has 1 aromatic carbocycles. The van der Waals surface area contributed by atoms with E-state index in [0.29, 0.717) is 18.6 Å². The van der Waals surface area contributed by atoms with Crippen LogP contribution < -0.4 is 0 Å². The lowest BCUT2D eigenvalue weighted by molar-refractivity contribution is -0.159. The molecule has 0 amide bonds. The van der Waals surface area contributed by atoms with Crippen molar-refractivity contribution < 1.29 is 23.1 Å². The molecule has 2 unspecified atom stereocenters. The summed E-state index contributed by atoms with van der Waals surface area (Å²) in [5.74, 6) is -0.687. The second kappa shape index (κ2) is 10.3. The van der Waals surface area contributed by atoms with Gasteiger partial charge in [-0.25, -0.2) is 9.18 Å². The summed E-state index contributed by atoms with van der Waals surface area (Å²) in [7, 11) is -1.02. The summed E-state index contributed by atoms with van der Waals surface area (Å²) >= 11 is 0. The number of esters is 1. The molecule has 1 aromatic rings. The minimum atomic E-state index is -1.02. The van der Waals surface area contributed by atoms with Crippen molar-refractivity contribution in [3.05, 3.63) is 35.1 Å². The number of carbonyl (C=O) groups is 1. The Morgan fingerprint density at radius 2 is 1.85 bits per heavy atom. The van der Waals surface area contributed by atoms with Gasteiger partial charge >= 0.3 is 5.97 Å². The predicted molar refractivity (Wildman–Crippen MR) is 108 cm³/mol. The molecule has 0 aliphatic carbocycles. The fraction of sp³-hybridized carbons (Fsp3) is 0.667. The Hall–Kier alpha value is -1.24. The van der Waals surface area contributed by atoms with Crippen LogP contribution in [0.4, 0.5) is 4.39 Å². The summed E-state index contributed by atoms with van der Waals surface area (Å²) in [6.45, 7) is 16.0. The zero-order valence-corrected chi connectivity index (χ0v) is 18.9. The van der Waals surface area contributed by atoms with Gasteiger partial charge in [0.25, 0.3) is 0 Å². The summed E-state index contributed by atoms with van der Waals surface area (Å²) in [6.07, 6.45) is -0.852. The van der Waals surface area contributed by atoms with Gasteiger partial charge in [0.15, 0.2) is 6.10 Å². The van der Waals surface area contributed by atoms with Crippen molar-refractivity contribution in [2.75, 3.05) is 6.61 Å². The molecule has 0 fully saturated rings. The second-order valence-electron chi connectivity index (χ2n) is 8.26. The first kappa shape index (κ1) is 23.8. The Labute approximate surface area is 165 Å². The van der Waals surface area contributed by atoms with Gasteiger partial charge in [-0.15, -0.1) is 0 Å². The van der Waals surface area contributed by atoms with Crippen LogP contribution in [0.25, 0.3) is 0 Å². The summed E-state index contributed by atoms with van der Waals surface area (Å²) in [5.41, 5.74) is 1.10. The van der Waals surface area contributed by atoms with E-state index < -0.39 is 21.1 Å². The summed E-state index contributed by atoms with van der Waals surface area (Å²) < 4.78 is 31.6. The van der Waals surface area contributed by atoms with Crippen LogP contribution in [0.2, 0.25) is 13.1 Å². The maximum atomic E-state index is 14.6. The largest absolute Gasteiger partial charge is 0.464 e. The Bertz CT molecular complexity index is 611. The molecule has 6 heteroatoms. The van der Waals surface area contributed by atoms with Crippen LogP contribution in [0.5, 0.6) is 0 Å². The molecular weight excluding hydrogens is 363 g/mol. The van der Waals surface area contributed by atoms with Gasteiger partial charge in [-0.1, -0.05) is 32.9 Å². The third-order valence-corrected chi connectivity index (χ3v) is 4.60. The molecule has 0 spiro atoms. The number of carbonyl (C=O) groups excluding carboxylic acids is 1. The molecule has 0 heterocycles. The molecule has 0 saturated carbocycles. The van der Waals surface area contributed by atoms with Gasteiger partial charge in [-0.2, -0.15) is 0 Å². The minimum Gasteiger partial charge on any atom is -0.464 e. The normalized spacial score (nSPS) is 14.5. The van der Waals surface area contributed by atoms with Crippen molar-refractivity contribution in [3.63, 3.8) is 0 Å². The van der Waals surface area contributed by atoms with E-state index in [4.69, 9.17) is 13.9 Å². The van der Waals surface area contributed by atoms with Crippen LogP contribution in [0, 0.1) is 11.2 Å². The summed E-state index contributed by atoms with van der Waals surface area (Å²) in [6, 6.07) is 4.94. The number of halogens is 1. The predicted octanol–water partition coefficient (Wildman–Crippen LogP) is 5.08. The Morgan fingerprint density at radius 3 is 2.33 bits per heavy atom. The molecule has 1 rings (SSSR count). The van der Waals surface area contributed by atoms with Gasteiger partial charge in [-0.3, -0.25) is 0 Å². The number of benzene rings is 1.